The summed E-state index contributed by atoms with van der Waals surface area (Å²) in [6, 6.07) is 10.5. The van der Waals surface area contributed by atoms with E-state index < -0.39 is 0 Å². The van der Waals surface area contributed by atoms with Crippen LogP contribution in [-0.2, 0) is 11.3 Å². The molecule has 1 N–H and O–H groups in total. The Balaban J connectivity index is 1.90. The molecule has 0 saturated carbocycles. The summed E-state index contributed by atoms with van der Waals surface area (Å²) in [5.74, 6) is 0.667. The van der Waals surface area contributed by atoms with Gasteiger partial charge >= 0.3 is 0 Å². The molecule has 0 radical (unpaired) electrons. The van der Waals surface area contributed by atoms with Gasteiger partial charge in [-0.15, -0.1) is 0 Å². The van der Waals surface area contributed by atoms with Crippen LogP contribution in [0.2, 0.25) is 0 Å². The highest BCUT2D eigenvalue weighted by molar-refractivity contribution is 5.93. The van der Waals surface area contributed by atoms with Gasteiger partial charge in [-0.25, -0.2) is 4.98 Å². The summed E-state index contributed by atoms with van der Waals surface area (Å²) < 4.78 is 1.92. The highest BCUT2D eigenvalue weighted by Gasteiger charge is 2.17. The zero-order chi connectivity index (χ0) is 19.7. The Labute approximate surface area is 161 Å². The zero-order valence-electron chi connectivity index (χ0n) is 17.1. The van der Waals surface area contributed by atoms with Crippen LogP contribution in [0.3, 0.4) is 0 Å². The number of nitrogens with zero attached hydrogens (tertiary/aromatic N) is 2. The summed E-state index contributed by atoms with van der Waals surface area (Å²) in [5, 5.41) is 3.18. The Hall–Kier alpha value is -2.62. The first kappa shape index (κ1) is 19.2. The molecule has 3 aromatic rings. The van der Waals surface area contributed by atoms with Crippen molar-refractivity contribution in [1.29, 1.82) is 0 Å². The van der Waals surface area contributed by atoms with Crippen LogP contribution in [0, 0.1) is 13.8 Å². The molecule has 0 aliphatic rings. The summed E-state index contributed by atoms with van der Waals surface area (Å²) in [6.45, 7) is 13.0. The molecule has 0 aliphatic heterocycles. The van der Waals surface area contributed by atoms with Crippen molar-refractivity contribution in [1.82, 2.24) is 9.55 Å². The molecule has 0 bridgehead atoms. The summed E-state index contributed by atoms with van der Waals surface area (Å²) in [5.41, 5.74) is 7.66. The Morgan fingerprint density at radius 2 is 1.63 bits per heavy atom. The van der Waals surface area contributed by atoms with E-state index in [0.717, 1.165) is 16.7 Å². The van der Waals surface area contributed by atoms with E-state index >= 15 is 0 Å². The molecule has 0 saturated heterocycles. The molecule has 3 rings (SSSR count). The Bertz CT molecular complexity index is 956. The van der Waals surface area contributed by atoms with Gasteiger partial charge in [0.2, 0.25) is 5.91 Å². The van der Waals surface area contributed by atoms with E-state index in [-0.39, 0.29) is 12.5 Å². The van der Waals surface area contributed by atoms with E-state index in [1.54, 1.807) is 6.33 Å². The standard InChI is InChI=1S/C23H29N3O/c1-14(2)18-8-7-9-19(15(3)4)23(18)25-22(27)12-26-13-24-20-10-16(5)17(6)11-21(20)26/h7-11,13-15H,12H2,1-6H3,(H,25,27). The Morgan fingerprint density at radius 1 is 1.04 bits per heavy atom. The molecule has 0 spiro atoms. The van der Waals surface area contributed by atoms with E-state index in [4.69, 9.17) is 0 Å². The quantitative estimate of drug-likeness (QED) is 0.647. The lowest BCUT2D eigenvalue weighted by Crippen LogP contribution is -2.20. The maximum absolute atomic E-state index is 12.9. The molecule has 0 aliphatic carbocycles. The van der Waals surface area contributed by atoms with Crippen LogP contribution in [0.15, 0.2) is 36.7 Å². The highest BCUT2D eigenvalue weighted by Crippen LogP contribution is 2.32. The van der Waals surface area contributed by atoms with Crippen LogP contribution in [0.25, 0.3) is 11.0 Å². The van der Waals surface area contributed by atoms with Crippen LogP contribution in [0.4, 0.5) is 5.69 Å². The Morgan fingerprint density at radius 3 is 2.22 bits per heavy atom. The molecule has 0 unspecified atom stereocenters. The first-order chi connectivity index (χ1) is 12.8. The van der Waals surface area contributed by atoms with Crippen molar-refractivity contribution in [2.75, 3.05) is 5.32 Å². The van der Waals surface area contributed by atoms with Crippen LogP contribution >= 0.6 is 0 Å². The number of hydrogen-bond acceptors (Lipinski definition) is 2. The lowest BCUT2D eigenvalue weighted by Gasteiger charge is -2.20. The third kappa shape index (κ3) is 3.90. The van der Waals surface area contributed by atoms with Gasteiger partial charge in [0.25, 0.3) is 0 Å². The molecule has 1 heterocycles. The minimum atomic E-state index is -0.0254. The smallest absolute Gasteiger partial charge is 0.244 e. The van der Waals surface area contributed by atoms with Crippen LogP contribution < -0.4 is 5.32 Å². The van der Waals surface area contributed by atoms with Crippen molar-refractivity contribution < 1.29 is 4.79 Å². The van der Waals surface area contributed by atoms with E-state index in [0.29, 0.717) is 11.8 Å². The third-order valence-corrected chi connectivity index (χ3v) is 5.19. The third-order valence-electron chi connectivity index (χ3n) is 5.19. The molecule has 2 aromatic carbocycles. The maximum Gasteiger partial charge on any atom is 0.244 e. The lowest BCUT2D eigenvalue weighted by atomic mass is 9.92. The minimum Gasteiger partial charge on any atom is -0.324 e. The average Bonchev–Trinajstić information content (AvgIpc) is 2.96. The number of hydrogen-bond donors (Lipinski definition) is 1. The molecular weight excluding hydrogens is 334 g/mol. The number of benzene rings is 2. The monoisotopic (exact) mass is 363 g/mol. The minimum absolute atomic E-state index is 0.0254. The summed E-state index contributed by atoms with van der Waals surface area (Å²) in [6.07, 6.45) is 1.75. The first-order valence-electron chi connectivity index (χ1n) is 9.62. The molecule has 4 nitrogen and oxygen atoms in total. The SMILES string of the molecule is Cc1cc2ncn(CC(=O)Nc3c(C(C)C)cccc3C(C)C)c2cc1C. The van der Waals surface area contributed by atoms with Crippen molar-refractivity contribution in [3.63, 3.8) is 0 Å². The van der Waals surface area contributed by atoms with Crippen LogP contribution in [-0.4, -0.2) is 15.5 Å². The number of aromatic nitrogens is 2. The van der Waals surface area contributed by atoms with Crippen molar-refractivity contribution in [2.45, 2.75) is 59.9 Å². The molecule has 142 valence electrons. The summed E-state index contributed by atoms with van der Waals surface area (Å²) >= 11 is 0. The van der Waals surface area contributed by atoms with Gasteiger partial charge < -0.3 is 9.88 Å². The predicted octanol–water partition coefficient (Wildman–Crippen LogP) is 5.54. The van der Waals surface area contributed by atoms with Crippen molar-refractivity contribution in [2.24, 2.45) is 0 Å². The van der Waals surface area contributed by atoms with Crippen molar-refractivity contribution in [3.05, 3.63) is 58.9 Å². The number of anilines is 1. The fourth-order valence-corrected chi connectivity index (χ4v) is 3.47. The zero-order valence-corrected chi connectivity index (χ0v) is 17.1. The number of rotatable bonds is 5. The first-order valence-corrected chi connectivity index (χ1v) is 9.62. The molecule has 27 heavy (non-hydrogen) atoms. The average molecular weight is 364 g/mol. The number of para-hydroxylation sites is 1. The summed E-state index contributed by atoms with van der Waals surface area (Å²) in [4.78, 5) is 17.3. The second-order valence-corrected chi connectivity index (χ2v) is 7.97. The van der Waals surface area contributed by atoms with Gasteiger partial charge in [-0.1, -0.05) is 45.9 Å². The maximum atomic E-state index is 12.9. The van der Waals surface area contributed by atoms with Gasteiger partial charge in [-0.3, -0.25) is 4.79 Å². The van der Waals surface area contributed by atoms with Crippen molar-refractivity contribution in [3.8, 4) is 0 Å². The van der Waals surface area contributed by atoms with E-state index in [2.05, 4.69) is 82.2 Å². The fourth-order valence-electron chi connectivity index (χ4n) is 3.47. The van der Waals surface area contributed by atoms with E-state index in [1.807, 2.05) is 4.57 Å². The lowest BCUT2D eigenvalue weighted by molar-refractivity contribution is -0.116. The topological polar surface area (TPSA) is 46.9 Å². The predicted molar refractivity (Wildman–Crippen MR) is 112 cm³/mol. The number of amides is 1. The van der Waals surface area contributed by atoms with Crippen LogP contribution in [0.5, 0.6) is 0 Å². The molecule has 1 amide bonds. The number of nitrogens with one attached hydrogen (secondary N) is 1. The van der Waals surface area contributed by atoms with Gasteiger partial charge in [0, 0.05) is 5.69 Å². The second kappa shape index (κ2) is 7.55. The molecule has 1 aromatic heterocycles. The van der Waals surface area contributed by atoms with Crippen LogP contribution in [0.1, 0.15) is 61.8 Å². The van der Waals surface area contributed by atoms with Gasteiger partial charge in [-0.2, -0.15) is 0 Å². The van der Waals surface area contributed by atoms with Gasteiger partial charge in [0.1, 0.15) is 6.54 Å². The van der Waals surface area contributed by atoms with Gasteiger partial charge in [-0.05, 0) is 60.1 Å². The summed E-state index contributed by atoms with van der Waals surface area (Å²) in [7, 11) is 0. The van der Waals surface area contributed by atoms with Crippen molar-refractivity contribution >= 4 is 22.6 Å². The molecule has 0 atom stereocenters. The second-order valence-electron chi connectivity index (χ2n) is 7.97. The highest BCUT2D eigenvalue weighted by atomic mass is 16.1. The normalized spacial score (nSPS) is 11.6. The van der Waals surface area contributed by atoms with Gasteiger partial charge in [0.05, 0.1) is 17.4 Å². The fraction of sp³-hybridized carbons (Fsp3) is 0.391. The number of fused-ring (bicyclic) bond motifs is 1. The largest absolute Gasteiger partial charge is 0.324 e. The molecule has 4 heteroatoms. The number of aryl methyl sites for hydroxylation is 2. The van der Waals surface area contributed by atoms with E-state index in [1.165, 1.54) is 22.3 Å². The van der Waals surface area contributed by atoms with E-state index in [9.17, 15) is 4.79 Å². The number of carbonyl (C=O) groups is 1. The number of carbonyl (C=O) groups excluding carboxylic acids is 1. The molecular formula is C23H29N3O. The Kier molecular flexibility index (Phi) is 5.36. The van der Waals surface area contributed by atoms with Gasteiger partial charge in [0.15, 0.2) is 0 Å². The molecule has 0 fully saturated rings. The number of imidazole rings is 1.